The molecule has 0 saturated heterocycles. The van der Waals surface area contributed by atoms with Crippen LogP contribution in [0.2, 0.25) is 0 Å². The van der Waals surface area contributed by atoms with Crippen molar-refractivity contribution in [2.24, 2.45) is 10.8 Å². The lowest BCUT2D eigenvalue weighted by Crippen LogP contribution is -2.48. The van der Waals surface area contributed by atoms with Crippen LogP contribution in [0.25, 0.3) is 0 Å². The van der Waals surface area contributed by atoms with E-state index in [1.54, 1.807) is 0 Å². The summed E-state index contributed by atoms with van der Waals surface area (Å²) in [4.78, 5) is 53.2. The Morgan fingerprint density at radius 3 is 1.14 bits per heavy atom. The maximum Gasteiger partial charge on any atom is 0.257 e. The van der Waals surface area contributed by atoms with E-state index < -0.39 is 0 Å². The fourth-order valence-electron chi connectivity index (χ4n) is 4.31. The standard InChI is InChI=1S/C22H30N2O4/c1-21(2,3)15-11-17(25)23(19(15)27)13-7-9-14(10-8-13)24-18(26)12-16(20(24)28)22(4,5)6/h11-14H,7-10H2,1-6H3. The molecule has 0 N–H and O–H groups in total. The smallest absolute Gasteiger partial charge is 0.257 e. The van der Waals surface area contributed by atoms with Crippen LogP contribution in [-0.2, 0) is 19.2 Å². The number of carbonyl (C=O) groups excluding carboxylic acids is 4. The van der Waals surface area contributed by atoms with E-state index >= 15 is 0 Å². The average Bonchev–Trinajstić information content (AvgIpc) is 3.03. The number of nitrogens with zero attached hydrogens (tertiary/aromatic N) is 2. The Morgan fingerprint density at radius 1 is 0.643 bits per heavy atom. The van der Waals surface area contributed by atoms with E-state index in [0.29, 0.717) is 36.8 Å². The first-order valence-electron chi connectivity index (χ1n) is 10.0. The van der Waals surface area contributed by atoms with E-state index in [9.17, 15) is 19.2 Å². The van der Waals surface area contributed by atoms with Gasteiger partial charge in [0.15, 0.2) is 0 Å². The summed E-state index contributed by atoms with van der Waals surface area (Å²) in [7, 11) is 0. The van der Waals surface area contributed by atoms with Gasteiger partial charge in [-0.2, -0.15) is 0 Å². The predicted molar refractivity (Wildman–Crippen MR) is 105 cm³/mol. The van der Waals surface area contributed by atoms with Crippen LogP contribution in [0.4, 0.5) is 0 Å². The Bertz CT molecular complexity index is 731. The van der Waals surface area contributed by atoms with Crippen molar-refractivity contribution in [1.82, 2.24) is 9.80 Å². The van der Waals surface area contributed by atoms with E-state index in [4.69, 9.17) is 0 Å². The molecule has 1 aliphatic carbocycles. The van der Waals surface area contributed by atoms with E-state index in [1.165, 1.54) is 22.0 Å². The molecule has 3 aliphatic rings. The van der Waals surface area contributed by atoms with Gasteiger partial charge in [0.25, 0.3) is 23.6 Å². The first-order chi connectivity index (χ1) is 12.8. The zero-order chi connectivity index (χ0) is 21.0. The molecule has 4 amide bonds. The normalized spacial score (nSPS) is 26.9. The van der Waals surface area contributed by atoms with Gasteiger partial charge in [0.2, 0.25) is 0 Å². The van der Waals surface area contributed by atoms with Crippen LogP contribution in [0.5, 0.6) is 0 Å². The summed E-state index contributed by atoms with van der Waals surface area (Å²) in [5.74, 6) is -0.899. The molecule has 0 aromatic carbocycles. The summed E-state index contributed by atoms with van der Waals surface area (Å²) in [5, 5.41) is 0. The molecular weight excluding hydrogens is 356 g/mol. The van der Waals surface area contributed by atoms with Crippen molar-refractivity contribution in [1.29, 1.82) is 0 Å². The minimum Gasteiger partial charge on any atom is -0.272 e. The number of amides is 4. The molecule has 3 rings (SSSR count). The van der Waals surface area contributed by atoms with Crippen LogP contribution >= 0.6 is 0 Å². The molecule has 28 heavy (non-hydrogen) atoms. The van der Waals surface area contributed by atoms with Gasteiger partial charge in [-0.15, -0.1) is 0 Å². The van der Waals surface area contributed by atoms with Gasteiger partial charge in [-0.05, 0) is 36.5 Å². The van der Waals surface area contributed by atoms with Gasteiger partial charge in [0.05, 0.1) is 0 Å². The maximum absolute atomic E-state index is 12.8. The topological polar surface area (TPSA) is 74.8 Å². The number of imide groups is 2. The van der Waals surface area contributed by atoms with Gasteiger partial charge in [0.1, 0.15) is 0 Å². The van der Waals surface area contributed by atoms with Crippen molar-refractivity contribution in [3.05, 3.63) is 23.3 Å². The van der Waals surface area contributed by atoms with Crippen LogP contribution in [0, 0.1) is 10.8 Å². The molecule has 0 spiro atoms. The highest BCUT2D eigenvalue weighted by Gasteiger charge is 2.45. The molecule has 0 aromatic heterocycles. The Balaban J connectivity index is 1.67. The largest absolute Gasteiger partial charge is 0.272 e. The molecule has 6 nitrogen and oxygen atoms in total. The van der Waals surface area contributed by atoms with Crippen LogP contribution in [-0.4, -0.2) is 45.5 Å². The Labute approximate surface area is 166 Å². The van der Waals surface area contributed by atoms with Crippen LogP contribution in [0.15, 0.2) is 23.3 Å². The lowest BCUT2D eigenvalue weighted by molar-refractivity contribution is -0.145. The zero-order valence-electron chi connectivity index (χ0n) is 17.7. The Hall–Kier alpha value is -2.24. The predicted octanol–water partition coefficient (Wildman–Crippen LogP) is 2.98. The lowest BCUT2D eigenvalue weighted by Gasteiger charge is -2.37. The first-order valence-corrected chi connectivity index (χ1v) is 10.0. The quantitative estimate of drug-likeness (QED) is 0.684. The zero-order valence-corrected chi connectivity index (χ0v) is 17.7. The van der Waals surface area contributed by atoms with Gasteiger partial charge in [0, 0.05) is 35.4 Å². The summed E-state index contributed by atoms with van der Waals surface area (Å²) in [6.45, 7) is 11.6. The summed E-state index contributed by atoms with van der Waals surface area (Å²) >= 11 is 0. The summed E-state index contributed by atoms with van der Waals surface area (Å²) in [6, 6.07) is -0.342. The van der Waals surface area contributed by atoms with Crippen LogP contribution in [0.1, 0.15) is 67.2 Å². The SMILES string of the molecule is CC(C)(C)C1=CC(=O)N(C2CCC(N3C(=O)C=C(C(C)(C)C)C3=O)CC2)C1=O. The third-order valence-corrected chi connectivity index (χ3v) is 5.92. The number of carbonyl (C=O) groups is 4. The monoisotopic (exact) mass is 386 g/mol. The minimum atomic E-state index is -0.373. The van der Waals surface area contributed by atoms with Crippen molar-refractivity contribution in [2.45, 2.75) is 79.3 Å². The number of hydrogen-bond donors (Lipinski definition) is 0. The molecule has 2 heterocycles. The van der Waals surface area contributed by atoms with Gasteiger partial charge in [-0.3, -0.25) is 29.0 Å². The van der Waals surface area contributed by atoms with Gasteiger partial charge >= 0.3 is 0 Å². The Kier molecular flexibility index (Phi) is 4.89. The molecule has 6 heteroatoms. The van der Waals surface area contributed by atoms with Crippen molar-refractivity contribution < 1.29 is 19.2 Å². The molecular formula is C22H30N2O4. The van der Waals surface area contributed by atoms with Crippen molar-refractivity contribution in [2.75, 3.05) is 0 Å². The maximum atomic E-state index is 12.8. The van der Waals surface area contributed by atoms with E-state index in [2.05, 4.69) is 0 Å². The molecule has 0 aromatic rings. The second-order valence-corrected chi connectivity index (χ2v) is 10.1. The van der Waals surface area contributed by atoms with Gasteiger partial charge in [-0.1, -0.05) is 41.5 Å². The van der Waals surface area contributed by atoms with Crippen LogP contribution in [0.3, 0.4) is 0 Å². The summed E-state index contributed by atoms with van der Waals surface area (Å²) < 4.78 is 0. The van der Waals surface area contributed by atoms with Gasteiger partial charge < -0.3 is 0 Å². The highest BCUT2D eigenvalue weighted by Crippen LogP contribution is 2.37. The second-order valence-electron chi connectivity index (χ2n) is 10.1. The lowest BCUT2D eigenvalue weighted by atomic mass is 9.85. The minimum absolute atomic E-state index is 0.171. The second kappa shape index (κ2) is 6.68. The third kappa shape index (κ3) is 3.45. The number of hydrogen-bond acceptors (Lipinski definition) is 4. The van der Waals surface area contributed by atoms with Crippen LogP contribution < -0.4 is 0 Å². The van der Waals surface area contributed by atoms with E-state index in [1.807, 2.05) is 41.5 Å². The third-order valence-electron chi connectivity index (χ3n) is 5.92. The van der Waals surface area contributed by atoms with Crippen molar-refractivity contribution in [3.63, 3.8) is 0 Å². The molecule has 0 bridgehead atoms. The molecule has 0 unspecified atom stereocenters. The Morgan fingerprint density at radius 2 is 0.929 bits per heavy atom. The van der Waals surface area contributed by atoms with Gasteiger partial charge in [-0.25, -0.2) is 0 Å². The van der Waals surface area contributed by atoms with E-state index in [-0.39, 0.29) is 46.5 Å². The first kappa shape index (κ1) is 20.5. The fourth-order valence-corrected chi connectivity index (χ4v) is 4.31. The highest BCUT2D eigenvalue weighted by atomic mass is 16.2. The summed E-state index contributed by atoms with van der Waals surface area (Å²) in [6.07, 6.45) is 5.35. The van der Waals surface area contributed by atoms with Crippen molar-refractivity contribution in [3.8, 4) is 0 Å². The van der Waals surface area contributed by atoms with Crippen molar-refractivity contribution >= 4 is 23.6 Å². The molecule has 0 atom stereocenters. The fraction of sp³-hybridized carbons (Fsp3) is 0.636. The molecule has 2 aliphatic heterocycles. The summed E-state index contributed by atoms with van der Waals surface area (Å²) in [5.41, 5.74) is 0.344. The van der Waals surface area contributed by atoms with E-state index in [0.717, 1.165) is 0 Å². The molecule has 1 fully saturated rings. The molecule has 152 valence electrons. The number of rotatable bonds is 2. The highest BCUT2D eigenvalue weighted by molar-refractivity contribution is 6.17. The molecule has 1 saturated carbocycles. The molecule has 0 radical (unpaired) electrons. The average molecular weight is 386 g/mol.